The molecule has 23 heavy (non-hydrogen) atoms. The third-order valence-electron chi connectivity index (χ3n) is 4.75. The zero-order valence-electron chi connectivity index (χ0n) is 14.4. The first-order valence-corrected chi connectivity index (χ1v) is 8.49. The fourth-order valence-corrected chi connectivity index (χ4v) is 3.30. The van der Waals surface area contributed by atoms with E-state index in [2.05, 4.69) is 10.2 Å². The first kappa shape index (κ1) is 17.9. The van der Waals surface area contributed by atoms with Crippen molar-refractivity contribution in [3.63, 3.8) is 0 Å². The second-order valence-corrected chi connectivity index (χ2v) is 6.27. The summed E-state index contributed by atoms with van der Waals surface area (Å²) < 4.78 is 13.1. The van der Waals surface area contributed by atoms with Gasteiger partial charge in [0.2, 0.25) is 5.91 Å². The van der Waals surface area contributed by atoms with Crippen molar-refractivity contribution < 1.29 is 9.18 Å². The van der Waals surface area contributed by atoms with Gasteiger partial charge in [-0.2, -0.15) is 0 Å². The number of carbonyl (C=O) groups is 1. The van der Waals surface area contributed by atoms with Crippen LogP contribution in [0.4, 0.5) is 4.39 Å². The van der Waals surface area contributed by atoms with E-state index < -0.39 is 0 Å². The number of nitrogens with one attached hydrogen (secondary N) is 1. The number of likely N-dealkylation sites (N-methyl/N-ethyl adjacent to an activating group) is 2. The summed E-state index contributed by atoms with van der Waals surface area (Å²) in [6.07, 6.45) is 2.29. The summed E-state index contributed by atoms with van der Waals surface area (Å²) in [6, 6.07) is 6.85. The molecule has 1 aromatic carbocycles. The quantitative estimate of drug-likeness (QED) is 0.874. The molecule has 1 heterocycles. The molecule has 0 aromatic heterocycles. The van der Waals surface area contributed by atoms with Gasteiger partial charge in [0.25, 0.3) is 0 Å². The Kier molecular flexibility index (Phi) is 6.54. The maximum atomic E-state index is 13.1. The maximum Gasteiger partial charge on any atom is 0.237 e. The molecule has 1 aromatic rings. The molecular formula is C18H28FN3O. The molecule has 2 unspecified atom stereocenters. The third-order valence-corrected chi connectivity index (χ3v) is 4.75. The van der Waals surface area contributed by atoms with Gasteiger partial charge in [-0.25, -0.2) is 4.39 Å². The number of nitrogens with zero attached hydrogens (tertiary/aromatic N) is 2. The molecule has 1 aliphatic heterocycles. The molecule has 1 saturated heterocycles. The predicted octanol–water partition coefficient (Wildman–Crippen LogP) is 2.42. The van der Waals surface area contributed by atoms with Crippen molar-refractivity contribution in [1.82, 2.24) is 15.1 Å². The van der Waals surface area contributed by atoms with Gasteiger partial charge < -0.3 is 10.2 Å². The molecule has 2 rings (SSSR count). The van der Waals surface area contributed by atoms with Crippen molar-refractivity contribution in [2.75, 3.05) is 33.2 Å². The van der Waals surface area contributed by atoms with Crippen LogP contribution in [0, 0.1) is 5.82 Å². The lowest BCUT2D eigenvalue weighted by Crippen LogP contribution is -2.49. The van der Waals surface area contributed by atoms with Gasteiger partial charge in [-0.3, -0.25) is 9.69 Å². The number of benzene rings is 1. The Balaban J connectivity index is 1.98. The zero-order valence-corrected chi connectivity index (χ0v) is 14.4. The second kappa shape index (κ2) is 8.41. The Morgan fingerprint density at radius 3 is 2.74 bits per heavy atom. The SMILES string of the molecule is CCN(C(=O)CN1CCCC(NC)C1)C(C)c1ccc(F)cc1. The summed E-state index contributed by atoms with van der Waals surface area (Å²) in [5, 5.41) is 3.30. The van der Waals surface area contributed by atoms with E-state index >= 15 is 0 Å². The molecule has 4 nitrogen and oxygen atoms in total. The number of hydrogen-bond donors (Lipinski definition) is 1. The molecule has 1 amide bonds. The molecule has 1 aliphatic rings. The minimum Gasteiger partial charge on any atom is -0.335 e. The largest absolute Gasteiger partial charge is 0.335 e. The highest BCUT2D eigenvalue weighted by molar-refractivity contribution is 5.78. The molecule has 0 aliphatic carbocycles. The molecule has 128 valence electrons. The van der Waals surface area contributed by atoms with Crippen molar-refractivity contribution in [2.45, 2.75) is 38.8 Å². The Bertz CT molecular complexity index is 505. The van der Waals surface area contributed by atoms with Gasteiger partial charge in [-0.15, -0.1) is 0 Å². The normalized spacial score (nSPS) is 20.3. The van der Waals surface area contributed by atoms with Crippen molar-refractivity contribution in [1.29, 1.82) is 0 Å². The van der Waals surface area contributed by atoms with E-state index in [0.717, 1.165) is 25.1 Å². The van der Waals surface area contributed by atoms with Gasteiger partial charge in [0.05, 0.1) is 12.6 Å². The highest BCUT2D eigenvalue weighted by Crippen LogP contribution is 2.21. The molecule has 0 bridgehead atoms. The summed E-state index contributed by atoms with van der Waals surface area (Å²) in [7, 11) is 1.98. The van der Waals surface area contributed by atoms with Crippen LogP contribution in [-0.4, -0.2) is 55.0 Å². The van der Waals surface area contributed by atoms with Gasteiger partial charge in [0.15, 0.2) is 0 Å². The third kappa shape index (κ3) is 4.75. The smallest absolute Gasteiger partial charge is 0.237 e. The summed E-state index contributed by atoms with van der Waals surface area (Å²) in [5.74, 6) is -0.108. The number of halogens is 1. The number of hydrogen-bond acceptors (Lipinski definition) is 3. The van der Waals surface area contributed by atoms with Gasteiger partial charge in [-0.05, 0) is 58.0 Å². The van der Waals surface area contributed by atoms with Crippen molar-refractivity contribution >= 4 is 5.91 Å². The molecule has 2 atom stereocenters. The van der Waals surface area contributed by atoms with Crippen LogP contribution in [0.2, 0.25) is 0 Å². The van der Waals surface area contributed by atoms with E-state index in [0.29, 0.717) is 19.1 Å². The van der Waals surface area contributed by atoms with E-state index in [4.69, 9.17) is 0 Å². The number of piperidine rings is 1. The van der Waals surface area contributed by atoms with Crippen LogP contribution in [0.5, 0.6) is 0 Å². The molecule has 0 saturated carbocycles. The van der Waals surface area contributed by atoms with Crippen LogP contribution in [0.25, 0.3) is 0 Å². The van der Waals surface area contributed by atoms with Crippen LogP contribution in [0.1, 0.15) is 38.3 Å². The van der Waals surface area contributed by atoms with Crippen molar-refractivity contribution in [3.05, 3.63) is 35.6 Å². The molecule has 1 N–H and O–H groups in total. The number of carbonyl (C=O) groups excluding carboxylic acids is 1. The Morgan fingerprint density at radius 1 is 1.43 bits per heavy atom. The Hall–Kier alpha value is -1.46. The summed E-state index contributed by atoms with van der Waals surface area (Å²) >= 11 is 0. The van der Waals surface area contributed by atoms with Crippen molar-refractivity contribution in [2.24, 2.45) is 0 Å². The maximum absolute atomic E-state index is 13.1. The molecule has 0 spiro atoms. The van der Waals surface area contributed by atoms with Gasteiger partial charge in [0, 0.05) is 19.1 Å². The number of likely N-dealkylation sites (tertiary alicyclic amines) is 1. The summed E-state index contributed by atoms with van der Waals surface area (Å²) in [5.41, 5.74) is 0.966. The highest BCUT2D eigenvalue weighted by Gasteiger charge is 2.25. The standard InChI is InChI=1S/C18H28FN3O/c1-4-22(14(2)15-7-9-16(19)10-8-15)18(23)13-21-11-5-6-17(12-21)20-3/h7-10,14,17,20H,4-6,11-13H2,1-3H3. The first-order chi connectivity index (χ1) is 11.0. The number of amides is 1. The van der Waals surface area contributed by atoms with Crippen LogP contribution in [-0.2, 0) is 4.79 Å². The molecule has 1 fully saturated rings. The predicted molar refractivity (Wildman–Crippen MR) is 90.7 cm³/mol. The lowest BCUT2D eigenvalue weighted by Gasteiger charge is -2.35. The van der Waals surface area contributed by atoms with E-state index in [9.17, 15) is 9.18 Å². The van der Waals surface area contributed by atoms with E-state index in [1.165, 1.54) is 18.6 Å². The lowest BCUT2D eigenvalue weighted by molar-refractivity contribution is -0.134. The second-order valence-electron chi connectivity index (χ2n) is 6.27. The van der Waals surface area contributed by atoms with E-state index in [1.54, 1.807) is 12.1 Å². The van der Waals surface area contributed by atoms with Crippen molar-refractivity contribution in [3.8, 4) is 0 Å². The monoisotopic (exact) mass is 321 g/mol. The Labute approximate surface area is 138 Å². The zero-order chi connectivity index (χ0) is 16.8. The summed E-state index contributed by atoms with van der Waals surface area (Å²) in [4.78, 5) is 16.8. The van der Waals surface area contributed by atoms with Gasteiger partial charge in [0.1, 0.15) is 5.82 Å². The topological polar surface area (TPSA) is 35.6 Å². The lowest BCUT2D eigenvalue weighted by atomic mass is 10.1. The minimum atomic E-state index is -0.248. The molecular weight excluding hydrogens is 293 g/mol. The van der Waals surface area contributed by atoms with Crippen LogP contribution >= 0.6 is 0 Å². The average molecular weight is 321 g/mol. The number of rotatable bonds is 6. The van der Waals surface area contributed by atoms with Gasteiger partial charge >= 0.3 is 0 Å². The minimum absolute atomic E-state index is 0.0435. The molecule has 0 radical (unpaired) electrons. The first-order valence-electron chi connectivity index (χ1n) is 8.49. The Morgan fingerprint density at radius 2 is 2.13 bits per heavy atom. The molecule has 5 heteroatoms. The fourth-order valence-electron chi connectivity index (χ4n) is 3.30. The van der Waals surface area contributed by atoms with Crippen LogP contribution < -0.4 is 5.32 Å². The summed E-state index contributed by atoms with van der Waals surface area (Å²) in [6.45, 7) is 7.00. The average Bonchev–Trinajstić information content (AvgIpc) is 2.56. The van der Waals surface area contributed by atoms with Crippen LogP contribution in [0.3, 0.4) is 0 Å². The fraction of sp³-hybridized carbons (Fsp3) is 0.611. The van der Waals surface area contributed by atoms with Crippen LogP contribution in [0.15, 0.2) is 24.3 Å². The highest BCUT2D eigenvalue weighted by atomic mass is 19.1. The van der Waals surface area contributed by atoms with E-state index in [1.807, 2.05) is 25.8 Å². The van der Waals surface area contributed by atoms with Gasteiger partial charge in [-0.1, -0.05) is 12.1 Å². The van der Waals surface area contributed by atoms with E-state index in [-0.39, 0.29) is 17.8 Å².